The van der Waals surface area contributed by atoms with Crippen molar-refractivity contribution in [3.8, 4) is 0 Å². The molecule has 0 radical (unpaired) electrons. The van der Waals surface area contributed by atoms with Crippen molar-refractivity contribution < 1.29 is 9.53 Å². The molecule has 0 N–H and O–H groups in total. The second-order valence-corrected chi connectivity index (χ2v) is 3.68. The van der Waals surface area contributed by atoms with Crippen LogP contribution in [0.15, 0.2) is 54.9 Å². The maximum Gasteiger partial charge on any atom is 0.303 e. The second kappa shape index (κ2) is 5.25. The molecule has 0 amide bonds. The van der Waals surface area contributed by atoms with E-state index in [2.05, 4.69) is 4.98 Å². The van der Waals surface area contributed by atoms with Crippen LogP contribution in [0, 0.1) is 0 Å². The fraction of sp³-hybridized carbons (Fsp3) is 0.143. The van der Waals surface area contributed by atoms with Crippen molar-refractivity contribution in [2.45, 2.75) is 13.0 Å². The lowest BCUT2D eigenvalue weighted by Crippen LogP contribution is -2.09. The van der Waals surface area contributed by atoms with Crippen LogP contribution in [0.3, 0.4) is 0 Å². The van der Waals surface area contributed by atoms with Gasteiger partial charge in [-0.1, -0.05) is 30.3 Å². The van der Waals surface area contributed by atoms with E-state index < -0.39 is 0 Å². The van der Waals surface area contributed by atoms with E-state index >= 15 is 0 Å². The summed E-state index contributed by atoms with van der Waals surface area (Å²) in [4.78, 5) is 15.1. The van der Waals surface area contributed by atoms with Crippen LogP contribution < -0.4 is 0 Å². The summed E-state index contributed by atoms with van der Waals surface area (Å²) in [5.41, 5.74) is 1.87. The molecule has 0 aliphatic rings. The summed E-state index contributed by atoms with van der Waals surface area (Å²) in [5.74, 6) is -0.296. The molecule has 3 nitrogen and oxygen atoms in total. The van der Waals surface area contributed by atoms with Crippen LogP contribution in [0.25, 0.3) is 0 Å². The van der Waals surface area contributed by atoms with E-state index in [-0.39, 0.29) is 12.1 Å². The van der Waals surface area contributed by atoms with E-state index in [9.17, 15) is 4.79 Å². The van der Waals surface area contributed by atoms with Crippen molar-refractivity contribution in [3.63, 3.8) is 0 Å². The van der Waals surface area contributed by atoms with Gasteiger partial charge in [-0.2, -0.15) is 0 Å². The number of ether oxygens (including phenoxy) is 1. The normalized spacial score (nSPS) is 11.8. The van der Waals surface area contributed by atoms with Gasteiger partial charge in [-0.05, 0) is 17.7 Å². The number of rotatable bonds is 3. The highest BCUT2D eigenvalue weighted by molar-refractivity contribution is 5.66. The first-order chi connectivity index (χ1) is 8.27. The third-order valence-corrected chi connectivity index (χ3v) is 2.39. The summed E-state index contributed by atoms with van der Waals surface area (Å²) in [6.07, 6.45) is 3.01. The van der Waals surface area contributed by atoms with Gasteiger partial charge in [0, 0.05) is 24.9 Å². The van der Waals surface area contributed by atoms with Gasteiger partial charge in [-0.15, -0.1) is 0 Å². The van der Waals surface area contributed by atoms with E-state index in [0.717, 1.165) is 11.1 Å². The maximum absolute atomic E-state index is 11.2. The second-order valence-electron chi connectivity index (χ2n) is 3.68. The van der Waals surface area contributed by atoms with Gasteiger partial charge in [0.05, 0.1) is 0 Å². The molecular formula is C14H13NO2. The Labute approximate surface area is 100 Å². The number of hydrogen-bond donors (Lipinski definition) is 0. The first-order valence-corrected chi connectivity index (χ1v) is 5.39. The average Bonchev–Trinajstić information content (AvgIpc) is 2.38. The van der Waals surface area contributed by atoms with Gasteiger partial charge in [0.25, 0.3) is 0 Å². The van der Waals surface area contributed by atoms with Crippen molar-refractivity contribution >= 4 is 5.97 Å². The third-order valence-electron chi connectivity index (χ3n) is 2.39. The lowest BCUT2D eigenvalue weighted by Gasteiger charge is -2.17. The Morgan fingerprint density at radius 2 is 1.65 bits per heavy atom. The topological polar surface area (TPSA) is 39.2 Å². The first kappa shape index (κ1) is 11.3. The molecule has 0 spiro atoms. The van der Waals surface area contributed by atoms with Gasteiger partial charge in [0.15, 0.2) is 6.10 Å². The minimum absolute atomic E-state index is 0.296. The molecular weight excluding hydrogens is 214 g/mol. The monoisotopic (exact) mass is 227 g/mol. The number of carbonyl (C=O) groups excluding carboxylic acids is 1. The summed E-state index contributed by atoms with van der Waals surface area (Å²) in [7, 11) is 0. The Balaban J connectivity index is 2.36. The lowest BCUT2D eigenvalue weighted by atomic mass is 10.0. The SMILES string of the molecule is CC(=O)OC(c1ccccc1)c1ccncc1. The summed E-state index contributed by atoms with van der Waals surface area (Å²) in [5, 5.41) is 0. The van der Waals surface area contributed by atoms with Crippen LogP contribution in [0.2, 0.25) is 0 Å². The molecule has 1 atom stereocenters. The highest BCUT2D eigenvalue weighted by Gasteiger charge is 2.16. The zero-order valence-corrected chi connectivity index (χ0v) is 9.54. The standard InChI is InChI=1S/C14H13NO2/c1-11(16)17-14(12-5-3-2-4-6-12)13-7-9-15-10-8-13/h2-10,14H,1H3. The molecule has 0 saturated carbocycles. The largest absolute Gasteiger partial charge is 0.453 e. The number of nitrogens with zero attached hydrogens (tertiary/aromatic N) is 1. The van der Waals surface area contributed by atoms with Crippen LogP contribution in [0.4, 0.5) is 0 Å². The Hall–Kier alpha value is -2.16. The Morgan fingerprint density at radius 3 is 2.24 bits per heavy atom. The van der Waals surface area contributed by atoms with Gasteiger partial charge in [0.2, 0.25) is 0 Å². The molecule has 3 heteroatoms. The Morgan fingerprint density at radius 1 is 1.06 bits per heavy atom. The number of esters is 1. The molecule has 1 heterocycles. The molecule has 0 fully saturated rings. The zero-order valence-electron chi connectivity index (χ0n) is 9.54. The Bertz CT molecular complexity index is 443. The van der Waals surface area contributed by atoms with Crippen LogP contribution in [0.1, 0.15) is 24.2 Å². The third kappa shape index (κ3) is 2.91. The molecule has 86 valence electrons. The quantitative estimate of drug-likeness (QED) is 0.757. The molecule has 2 rings (SSSR count). The summed E-state index contributed by atoms with van der Waals surface area (Å²) < 4.78 is 5.36. The van der Waals surface area contributed by atoms with E-state index in [1.807, 2.05) is 42.5 Å². The predicted molar refractivity (Wildman–Crippen MR) is 64.3 cm³/mol. The van der Waals surface area contributed by atoms with Gasteiger partial charge >= 0.3 is 5.97 Å². The average molecular weight is 227 g/mol. The van der Waals surface area contributed by atoms with Crippen molar-refractivity contribution in [1.82, 2.24) is 4.98 Å². The number of benzene rings is 1. The van der Waals surface area contributed by atoms with E-state index in [1.54, 1.807) is 12.4 Å². The van der Waals surface area contributed by atoms with Gasteiger partial charge in [-0.3, -0.25) is 9.78 Å². The summed E-state index contributed by atoms with van der Waals surface area (Å²) in [6, 6.07) is 13.4. The van der Waals surface area contributed by atoms with E-state index in [1.165, 1.54) is 6.92 Å². The minimum Gasteiger partial charge on any atom is -0.453 e. The van der Waals surface area contributed by atoms with Gasteiger partial charge in [-0.25, -0.2) is 0 Å². The molecule has 2 aromatic rings. The predicted octanol–water partition coefficient (Wildman–Crippen LogP) is 2.73. The summed E-state index contributed by atoms with van der Waals surface area (Å²) >= 11 is 0. The fourth-order valence-electron chi connectivity index (χ4n) is 1.66. The lowest BCUT2D eigenvalue weighted by molar-refractivity contribution is -0.144. The number of carbonyl (C=O) groups is 1. The maximum atomic E-state index is 11.2. The van der Waals surface area contributed by atoms with Crippen molar-refractivity contribution in [1.29, 1.82) is 0 Å². The zero-order chi connectivity index (χ0) is 12.1. The summed E-state index contributed by atoms with van der Waals surface area (Å²) in [6.45, 7) is 1.41. The molecule has 1 aromatic carbocycles. The number of pyridine rings is 1. The molecule has 1 aromatic heterocycles. The van der Waals surface area contributed by atoms with Crippen LogP contribution in [-0.4, -0.2) is 11.0 Å². The van der Waals surface area contributed by atoms with Crippen LogP contribution in [-0.2, 0) is 9.53 Å². The highest BCUT2D eigenvalue weighted by atomic mass is 16.5. The van der Waals surface area contributed by atoms with Gasteiger partial charge in [0.1, 0.15) is 0 Å². The van der Waals surface area contributed by atoms with E-state index in [4.69, 9.17) is 4.74 Å². The number of hydrogen-bond acceptors (Lipinski definition) is 3. The van der Waals surface area contributed by atoms with E-state index in [0.29, 0.717) is 0 Å². The highest BCUT2D eigenvalue weighted by Crippen LogP contribution is 2.25. The molecule has 0 aliphatic carbocycles. The molecule has 0 bridgehead atoms. The molecule has 0 aliphatic heterocycles. The first-order valence-electron chi connectivity index (χ1n) is 5.39. The molecule has 17 heavy (non-hydrogen) atoms. The van der Waals surface area contributed by atoms with Crippen LogP contribution >= 0.6 is 0 Å². The molecule has 0 saturated heterocycles. The van der Waals surface area contributed by atoms with Gasteiger partial charge < -0.3 is 4.74 Å². The smallest absolute Gasteiger partial charge is 0.303 e. The molecule has 1 unspecified atom stereocenters. The van der Waals surface area contributed by atoms with Crippen molar-refractivity contribution in [2.24, 2.45) is 0 Å². The Kier molecular flexibility index (Phi) is 3.50. The number of aromatic nitrogens is 1. The van der Waals surface area contributed by atoms with Crippen LogP contribution in [0.5, 0.6) is 0 Å². The fourth-order valence-corrected chi connectivity index (χ4v) is 1.66. The van der Waals surface area contributed by atoms with Crippen molar-refractivity contribution in [2.75, 3.05) is 0 Å². The van der Waals surface area contributed by atoms with Crippen molar-refractivity contribution in [3.05, 3.63) is 66.0 Å². The minimum atomic E-state index is -0.364.